The molecule has 0 aromatic heterocycles. The molecular formula is C14H20N2O5S. The molecule has 0 aliphatic heterocycles. The van der Waals surface area contributed by atoms with Crippen molar-refractivity contribution in [3.8, 4) is 0 Å². The van der Waals surface area contributed by atoms with Crippen molar-refractivity contribution >= 4 is 21.9 Å². The van der Waals surface area contributed by atoms with Crippen LogP contribution in [-0.4, -0.2) is 49.9 Å². The molecule has 122 valence electrons. The Morgan fingerprint density at radius 2 is 1.82 bits per heavy atom. The number of carbonyl (C=O) groups excluding carboxylic acids is 1. The second-order valence-corrected chi connectivity index (χ2v) is 6.72. The molecular weight excluding hydrogens is 308 g/mol. The van der Waals surface area contributed by atoms with E-state index in [-0.39, 0.29) is 16.5 Å². The highest BCUT2D eigenvalue weighted by Gasteiger charge is 2.18. The van der Waals surface area contributed by atoms with Crippen LogP contribution >= 0.6 is 0 Å². The molecule has 1 aromatic rings. The Morgan fingerprint density at radius 3 is 2.27 bits per heavy atom. The van der Waals surface area contributed by atoms with Crippen LogP contribution in [0.4, 0.5) is 0 Å². The van der Waals surface area contributed by atoms with E-state index in [4.69, 9.17) is 5.11 Å². The second kappa shape index (κ2) is 7.37. The summed E-state index contributed by atoms with van der Waals surface area (Å²) in [4.78, 5) is 23.6. The maximum Gasteiger partial charge on any atom is 0.323 e. The number of nitrogens with one attached hydrogen (secondary N) is 1. The van der Waals surface area contributed by atoms with Gasteiger partial charge in [-0.15, -0.1) is 0 Å². The van der Waals surface area contributed by atoms with E-state index in [1.807, 2.05) is 6.92 Å². The quantitative estimate of drug-likeness (QED) is 0.774. The Bertz CT molecular complexity index is 640. The van der Waals surface area contributed by atoms with Crippen LogP contribution in [0.5, 0.6) is 0 Å². The van der Waals surface area contributed by atoms with Gasteiger partial charge in [0.05, 0.1) is 4.90 Å². The second-order valence-electron chi connectivity index (χ2n) is 5.01. The highest BCUT2D eigenvalue weighted by Crippen LogP contribution is 2.13. The van der Waals surface area contributed by atoms with E-state index in [0.29, 0.717) is 6.42 Å². The zero-order chi connectivity index (χ0) is 16.9. The molecule has 0 saturated carbocycles. The van der Waals surface area contributed by atoms with E-state index in [1.54, 1.807) is 6.92 Å². The van der Waals surface area contributed by atoms with Crippen LogP contribution in [0.25, 0.3) is 0 Å². The van der Waals surface area contributed by atoms with Gasteiger partial charge in [-0.05, 0) is 37.6 Å². The average molecular weight is 328 g/mol. The smallest absolute Gasteiger partial charge is 0.323 e. The van der Waals surface area contributed by atoms with Gasteiger partial charge in [0.2, 0.25) is 10.0 Å². The summed E-state index contributed by atoms with van der Waals surface area (Å²) >= 11 is 0. The number of carboxylic acids is 1. The van der Waals surface area contributed by atoms with Gasteiger partial charge in [0, 0.05) is 18.7 Å². The van der Waals surface area contributed by atoms with E-state index >= 15 is 0 Å². The van der Waals surface area contributed by atoms with Crippen LogP contribution in [-0.2, 0) is 14.8 Å². The molecule has 7 nitrogen and oxygen atoms in total. The monoisotopic (exact) mass is 328 g/mol. The van der Waals surface area contributed by atoms with Crippen molar-refractivity contribution in [1.82, 2.24) is 9.62 Å². The van der Waals surface area contributed by atoms with Crippen LogP contribution in [0.15, 0.2) is 29.2 Å². The first-order valence-corrected chi connectivity index (χ1v) is 8.25. The number of hydrogen-bond acceptors (Lipinski definition) is 4. The number of carbonyl (C=O) groups is 2. The Balaban J connectivity index is 2.91. The summed E-state index contributed by atoms with van der Waals surface area (Å²) in [6.45, 7) is 3.21. The fourth-order valence-corrected chi connectivity index (χ4v) is 3.01. The van der Waals surface area contributed by atoms with E-state index in [2.05, 4.69) is 4.72 Å². The first-order valence-electron chi connectivity index (χ1n) is 6.77. The molecule has 0 fully saturated rings. The van der Waals surface area contributed by atoms with Crippen LogP contribution < -0.4 is 4.72 Å². The third-order valence-electron chi connectivity index (χ3n) is 3.10. The van der Waals surface area contributed by atoms with Crippen molar-refractivity contribution < 1.29 is 23.1 Å². The highest BCUT2D eigenvalue weighted by atomic mass is 32.2. The Labute approximate surface area is 130 Å². The lowest BCUT2D eigenvalue weighted by Gasteiger charge is -2.15. The van der Waals surface area contributed by atoms with Crippen molar-refractivity contribution in [3.63, 3.8) is 0 Å². The molecule has 1 unspecified atom stereocenters. The van der Waals surface area contributed by atoms with Crippen LogP contribution in [0.3, 0.4) is 0 Å². The molecule has 8 heteroatoms. The maximum atomic E-state index is 12.1. The molecule has 1 rings (SSSR count). The lowest BCUT2D eigenvalue weighted by Crippen LogP contribution is -2.33. The van der Waals surface area contributed by atoms with Gasteiger partial charge < -0.3 is 10.0 Å². The minimum absolute atomic E-state index is 0.0604. The topological polar surface area (TPSA) is 104 Å². The molecule has 22 heavy (non-hydrogen) atoms. The van der Waals surface area contributed by atoms with Gasteiger partial charge >= 0.3 is 5.97 Å². The van der Waals surface area contributed by atoms with Gasteiger partial charge in [-0.3, -0.25) is 9.59 Å². The number of rotatable bonds is 7. The summed E-state index contributed by atoms with van der Waals surface area (Å²) in [5.74, 6) is -1.60. The summed E-state index contributed by atoms with van der Waals surface area (Å²) in [6, 6.07) is 5.20. The summed E-state index contributed by atoms with van der Waals surface area (Å²) in [5, 5.41) is 8.66. The van der Waals surface area contributed by atoms with Gasteiger partial charge in [-0.1, -0.05) is 6.92 Å². The summed E-state index contributed by atoms with van der Waals surface area (Å²) in [5.41, 5.74) is 0.228. The number of nitrogens with zero attached hydrogens (tertiary/aromatic N) is 1. The van der Waals surface area contributed by atoms with Crippen molar-refractivity contribution in [1.29, 1.82) is 0 Å². The number of benzene rings is 1. The van der Waals surface area contributed by atoms with Gasteiger partial charge in [0.25, 0.3) is 5.91 Å². The molecule has 1 atom stereocenters. The minimum Gasteiger partial charge on any atom is -0.480 e. The van der Waals surface area contributed by atoms with E-state index < -0.39 is 28.4 Å². The summed E-state index contributed by atoms with van der Waals surface area (Å²) in [6.07, 6.45) is 0.662. The molecule has 2 N–H and O–H groups in total. The van der Waals surface area contributed by atoms with Crippen molar-refractivity contribution in [2.24, 2.45) is 0 Å². The average Bonchev–Trinajstić information content (AvgIpc) is 2.45. The lowest BCUT2D eigenvalue weighted by molar-refractivity contribution is -0.137. The van der Waals surface area contributed by atoms with E-state index in [9.17, 15) is 18.0 Å². The molecule has 0 aliphatic carbocycles. The van der Waals surface area contributed by atoms with E-state index in [1.165, 1.54) is 31.3 Å². The summed E-state index contributed by atoms with van der Waals surface area (Å²) in [7, 11) is -2.26. The van der Waals surface area contributed by atoms with Crippen molar-refractivity contribution in [3.05, 3.63) is 29.8 Å². The lowest BCUT2D eigenvalue weighted by atomic mass is 10.2. The first-order chi connectivity index (χ1) is 10.2. The predicted octanol–water partition coefficient (Wildman–Crippen LogP) is 0.920. The fraction of sp³-hybridized carbons (Fsp3) is 0.429. The van der Waals surface area contributed by atoms with Crippen molar-refractivity contribution in [2.45, 2.75) is 31.2 Å². The third kappa shape index (κ3) is 4.81. The fourth-order valence-electron chi connectivity index (χ4n) is 1.69. The Hall–Kier alpha value is -1.93. The normalized spacial score (nSPS) is 12.7. The zero-order valence-electron chi connectivity index (χ0n) is 12.7. The van der Waals surface area contributed by atoms with Gasteiger partial charge in [-0.25, -0.2) is 13.1 Å². The molecule has 0 aliphatic rings. The SMILES string of the molecule is CCC(C)NS(=O)(=O)c1ccc(C(=O)N(C)CC(=O)O)cc1. The molecule has 1 aromatic carbocycles. The highest BCUT2D eigenvalue weighted by molar-refractivity contribution is 7.89. The number of carboxylic acid groups (broad SMARTS) is 1. The van der Waals surface area contributed by atoms with Crippen LogP contribution in [0, 0.1) is 0 Å². The van der Waals surface area contributed by atoms with E-state index in [0.717, 1.165) is 4.90 Å². The number of hydrogen-bond donors (Lipinski definition) is 2. The number of sulfonamides is 1. The zero-order valence-corrected chi connectivity index (χ0v) is 13.6. The standard InChI is InChI=1S/C14H20N2O5S/c1-4-10(2)15-22(20,21)12-7-5-11(6-8-12)14(19)16(3)9-13(17)18/h5-8,10,15H,4,9H2,1-3H3,(H,17,18). The molecule has 0 heterocycles. The maximum absolute atomic E-state index is 12.1. The van der Waals surface area contributed by atoms with Gasteiger partial charge in [0.15, 0.2) is 0 Å². The molecule has 0 radical (unpaired) electrons. The molecule has 0 spiro atoms. The number of likely N-dealkylation sites (N-methyl/N-ethyl adjacent to an activating group) is 1. The first kappa shape index (κ1) is 18.1. The Morgan fingerprint density at radius 1 is 1.27 bits per heavy atom. The minimum atomic E-state index is -3.62. The van der Waals surface area contributed by atoms with Crippen LogP contribution in [0.1, 0.15) is 30.6 Å². The van der Waals surface area contributed by atoms with Crippen LogP contribution in [0.2, 0.25) is 0 Å². The molecule has 0 saturated heterocycles. The Kier molecular flexibility index (Phi) is 6.07. The largest absolute Gasteiger partial charge is 0.480 e. The number of aliphatic carboxylic acids is 1. The summed E-state index contributed by atoms with van der Waals surface area (Å²) < 4.78 is 26.7. The molecule has 1 amide bonds. The third-order valence-corrected chi connectivity index (χ3v) is 4.70. The van der Waals surface area contributed by atoms with Crippen molar-refractivity contribution in [2.75, 3.05) is 13.6 Å². The van der Waals surface area contributed by atoms with Gasteiger partial charge in [0.1, 0.15) is 6.54 Å². The van der Waals surface area contributed by atoms with Gasteiger partial charge in [-0.2, -0.15) is 0 Å². The predicted molar refractivity (Wildman–Crippen MR) is 81.1 cm³/mol. The molecule has 0 bridgehead atoms. The number of amides is 1.